The van der Waals surface area contributed by atoms with E-state index in [1.165, 1.54) is 12.1 Å². The van der Waals surface area contributed by atoms with E-state index >= 15 is 0 Å². The van der Waals surface area contributed by atoms with Crippen molar-refractivity contribution in [1.29, 1.82) is 0 Å². The van der Waals surface area contributed by atoms with E-state index in [0.717, 1.165) is 6.07 Å². The normalized spacial score (nSPS) is 11.2. The quantitative estimate of drug-likeness (QED) is 0.464. The summed E-state index contributed by atoms with van der Waals surface area (Å²) in [6.45, 7) is 0. The van der Waals surface area contributed by atoms with Crippen LogP contribution in [0.1, 0.15) is 5.69 Å². The van der Waals surface area contributed by atoms with Crippen molar-refractivity contribution in [3.8, 4) is 0 Å². The minimum absolute atomic E-state index is 0.194. The highest BCUT2D eigenvalue weighted by Crippen LogP contribution is 2.26. The molecule has 1 aromatic carbocycles. The standard InChI is InChI=1S/C10H6N4O6/c15-12(16)10(13(17)18,14(19)20)9-6-5-7-3-1-2-4-8(7)11-9/h1-6H. The molecule has 0 radical (unpaired) electrons. The van der Waals surface area contributed by atoms with Gasteiger partial charge in [0.1, 0.15) is 0 Å². The third-order valence-corrected chi connectivity index (χ3v) is 2.71. The molecule has 2 aromatic rings. The van der Waals surface area contributed by atoms with Crippen LogP contribution in [0.15, 0.2) is 36.4 Å². The predicted octanol–water partition coefficient (Wildman–Crippen LogP) is 1.18. The number of para-hydroxylation sites is 1. The van der Waals surface area contributed by atoms with Gasteiger partial charge in [0.05, 0.1) is 5.52 Å². The molecule has 1 aromatic heterocycles. The average molecular weight is 278 g/mol. The van der Waals surface area contributed by atoms with Crippen molar-refractivity contribution in [3.05, 3.63) is 72.4 Å². The van der Waals surface area contributed by atoms with Crippen molar-refractivity contribution >= 4 is 10.9 Å². The Morgan fingerprint density at radius 3 is 1.95 bits per heavy atom. The molecule has 10 heteroatoms. The van der Waals surface area contributed by atoms with E-state index in [-0.39, 0.29) is 5.52 Å². The van der Waals surface area contributed by atoms with E-state index in [9.17, 15) is 30.3 Å². The van der Waals surface area contributed by atoms with Gasteiger partial charge in [-0.15, -0.1) is 0 Å². The lowest BCUT2D eigenvalue weighted by Crippen LogP contribution is -2.50. The van der Waals surface area contributed by atoms with Gasteiger partial charge in [-0.3, -0.25) is 30.3 Å². The molecule has 20 heavy (non-hydrogen) atoms. The van der Waals surface area contributed by atoms with Crippen LogP contribution in [-0.4, -0.2) is 19.8 Å². The molecule has 0 amide bonds. The summed E-state index contributed by atoms with van der Waals surface area (Å²) in [5.74, 6) is -3.70. The zero-order valence-electron chi connectivity index (χ0n) is 9.70. The third-order valence-electron chi connectivity index (χ3n) is 2.71. The average Bonchev–Trinajstić information content (AvgIpc) is 2.38. The van der Waals surface area contributed by atoms with Crippen LogP contribution < -0.4 is 0 Å². The number of pyridine rings is 1. The molecular weight excluding hydrogens is 272 g/mol. The molecule has 0 N–H and O–H groups in total. The molecular formula is C10H6N4O6. The molecule has 0 fully saturated rings. The summed E-state index contributed by atoms with van der Waals surface area (Å²) in [5.41, 5.74) is -0.656. The van der Waals surface area contributed by atoms with Crippen LogP contribution in [-0.2, 0) is 5.79 Å². The minimum Gasteiger partial charge on any atom is -0.252 e. The monoisotopic (exact) mass is 278 g/mol. The van der Waals surface area contributed by atoms with Gasteiger partial charge >= 0.3 is 5.79 Å². The number of rotatable bonds is 4. The first-order valence-electron chi connectivity index (χ1n) is 5.20. The SMILES string of the molecule is O=[N+]([O-])C(c1ccc2ccccc2n1)([N+](=O)[O-])[N+](=O)[O-]. The summed E-state index contributed by atoms with van der Waals surface area (Å²) in [7, 11) is 0. The second kappa shape index (κ2) is 4.50. The molecule has 0 aliphatic heterocycles. The number of hydrogen-bond acceptors (Lipinski definition) is 7. The predicted molar refractivity (Wildman–Crippen MR) is 64.4 cm³/mol. The molecule has 0 aliphatic rings. The number of nitrogens with zero attached hydrogens (tertiary/aromatic N) is 4. The lowest BCUT2D eigenvalue weighted by Gasteiger charge is -2.08. The first-order valence-corrected chi connectivity index (χ1v) is 5.20. The topological polar surface area (TPSA) is 142 Å². The number of benzene rings is 1. The smallest absolute Gasteiger partial charge is 0.252 e. The van der Waals surface area contributed by atoms with Crippen molar-refractivity contribution in [2.45, 2.75) is 5.79 Å². The van der Waals surface area contributed by atoms with E-state index in [2.05, 4.69) is 4.98 Å². The van der Waals surface area contributed by atoms with Gasteiger partial charge in [-0.05, 0) is 12.1 Å². The molecule has 0 saturated carbocycles. The number of fused-ring (bicyclic) bond motifs is 1. The maximum Gasteiger partial charge on any atom is 0.745 e. The Hall–Kier alpha value is -3.17. The lowest BCUT2D eigenvalue weighted by atomic mass is 10.1. The van der Waals surface area contributed by atoms with E-state index in [1.807, 2.05) is 0 Å². The largest absolute Gasteiger partial charge is 0.745 e. The Morgan fingerprint density at radius 1 is 0.850 bits per heavy atom. The molecule has 0 saturated heterocycles. The van der Waals surface area contributed by atoms with Crippen LogP contribution in [0.4, 0.5) is 0 Å². The highest BCUT2D eigenvalue weighted by molar-refractivity contribution is 5.78. The van der Waals surface area contributed by atoms with Gasteiger partial charge in [0.15, 0.2) is 14.8 Å². The summed E-state index contributed by atoms with van der Waals surface area (Å²) < 4.78 is 0. The number of hydrogen-bond donors (Lipinski definition) is 0. The molecule has 1 heterocycles. The molecule has 2 rings (SSSR count). The van der Waals surface area contributed by atoms with Crippen LogP contribution in [0.25, 0.3) is 10.9 Å². The first kappa shape index (κ1) is 13.3. The van der Waals surface area contributed by atoms with E-state index in [4.69, 9.17) is 0 Å². The van der Waals surface area contributed by atoms with Crippen LogP contribution in [0.5, 0.6) is 0 Å². The Balaban J connectivity index is 2.78. The molecule has 0 atom stereocenters. The van der Waals surface area contributed by atoms with Gasteiger partial charge in [0.25, 0.3) is 5.69 Å². The van der Waals surface area contributed by atoms with Crippen molar-refractivity contribution < 1.29 is 14.8 Å². The summed E-state index contributed by atoms with van der Waals surface area (Å²) >= 11 is 0. The minimum atomic E-state index is -3.70. The van der Waals surface area contributed by atoms with Gasteiger partial charge in [0.2, 0.25) is 0 Å². The van der Waals surface area contributed by atoms with E-state index in [0.29, 0.717) is 5.39 Å². The number of aromatic nitrogens is 1. The Kier molecular flexibility index (Phi) is 2.98. The van der Waals surface area contributed by atoms with E-state index in [1.54, 1.807) is 18.2 Å². The lowest BCUT2D eigenvalue weighted by molar-refractivity contribution is -0.986. The van der Waals surface area contributed by atoms with Gasteiger partial charge in [-0.1, -0.05) is 24.3 Å². The highest BCUT2D eigenvalue weighted by atomic mass is 16.7. The third kappa shape index (κ3) is 1.70. The van der Waals surface area contributed by atoms with Crippen LogP contribution in [0, 0.1) is 30.3 Å². The fraction of sp³-hybridized carbons (Fsp3) is 0.100. The highest BCUT2D eigenvalue weighted by Gasteiger charge is 2.74. The number of nitro groups is 3. The Morgan fingerprint density at radius 2 is 1.40 bits per heavy atom. The molecule has 0 spiro atoms. The summed E-state index contributed by atoms with van der Waals surface area (Å²) in [4.78, 5) is 31.8. The zero-order valence-corrected chi connectivity index (χ0v) is 9.70. The second-order valence-corrected chi connectivity index (χ2v) is 3.80. The van der Waals surface area contributed by atoms with Crippen LogP contribution in [0.2, 0.25) is 0 Å². The van der Waals surface area contributed by atoms with Gasteiger partial charge in [-0.25, -0.2) is 4.98 Å². The Labute approximate surface area is 110 Å². The Bertz CT molecular complexity index is 694. The van der Waals surface area contributed by atoms with Gasteiger partial charge < -0.3 is 0 Å². The molecule has 0 aliphatic carbocycles. The van der Waals surface area contributed by atoms with Gasteiger partial charge in [-0.2, -0.15) is 0 Å². The maximum atomic E-state index is 10.9. The van der Waals surface area contributed by atoms with Crippen molar-refractivity contribution in [2.24, 2.45) is 0 Å². The maximum absolute atomic E-state index is 10.9. The fourth-order valence-corrected chi connectivity index (χ4v) is 1.73. The van der Waals surface area contributed by atoms with Crippen molar-refractivity contribution in [1.82, 2.24) is 4.98 Å². The zero-order chi connectivity index (χ0) is 14.9. The second-order valence-electron chi connectivity index (χ2n) is 3.80. The molecule has 10 nitrogen and oxygen atoms in total. The summed E-state index contributed by atoms with van der Waals surface area (Å²) in [6.07, 6.45) is 0. The van der Waals surface area contributed by atoms with Gasteiger partial charge in [0, 0.05) is 5.39 Å². The fourth-order valence-electron chi connectivity index (χ4n) is 1.73. The molecule has 0 bridgehead atoms. The van der Waals surface area contributed by atoms with Crippen LogP contribution in [0.3, 0.4) is 0 Å². The van der Waals surface area contributed by atoms with Crippen molar-refractivity contribution in [3.63, 3.8) is 0 Å². The summed E-state index contributed by atoms with van der Waals surface area (Å²) in [6, 6.07) is 8.53. The molecule has 0 unspecified atom stereocenters. The molecule has 102 valence electrons. The summed E-state index contributed by atoms with van der Waals surface area (Å²) in [5, 5.41) is 33.3. The van der Waals surface area contributed by atoms with Crippen LogP contribution >= 0.6 is 0 Å². The van der Waals surface area contributed by atoms with Crippen molar-refractivity contribution in [2.75, 3.05) is 0 Å². The van der Waals surface area contributed by atoms with E-state index < -0.39 is 26.3 Å². The first-order chi connectivity index (χ1) is 9.40.